The quantitative estimate of drug-likeness (QED) is 0.347. The lowest BCUT2D eigenvalue weighted by Gasteiger charge is -2.18. The molecule has 0 bridgehead atoms. The normalized spacial score (nSPS) is 12.1. The zero-order chi connectivity index (χ0) is 22.4. The first kappa shape index (κ1) is 23.1. The SMILES string of the molecule is C=C(c1ccc(C(C(=O)OC)C(=O)OC)cc1)c1cc(C(C)/C=C\C)c(C)cc1C. The maximum atomic E-state index is 12.0. The summed E-state index contributed by atoms with van der Waals surface area (Å²) < 4.78 is 9.51. The largest absolute Gasteiger partial charge is 0.468 e. The molecule has 158 valence electrons. The molecule has 0 fully saturated rings. The van der Waals surface area contributed by atoms with Gasteiger partial charge in [0.25, 0.3) is 0 Å². The van der Waals surface area contributed by atoms with Crippen LogP contribution >= 0.6 is 0 Å². The first-order valence-electron chi connectivity index (χ1n) is 9.94. The molecule has 0 amide bonds. The van der Waals surface area contributed by atoms with Crippen molar-refractivity contribution in [3.05, 3.63) is 88.5 Å². The number of hydrogen-bond acceptors (Lipinski definition) is 4. The number of methoxy groups -OCH3 is 2. The summed E-state index contributed by atoms with van der Waals surface area (Å²) in [6.45, 7) is 12.7. The fourth-order valence-corrected chi connectivity index (χ4v) is 3.71. The molecule has 0 radical (unpaired) electrons. The zero-order valence-electron chi connectivity index (χ0n) is 18.6. The van der Waals surface area contributed by atoms with E-state index in [4.69, 9.17) is 9.47 Å². The number of rotatable bonds is 7. The number of carbonyl (C=O) groups is 2. The highest BCUT2D eigenvalue weighted by Gasteiger charge is 2.30. The van der Waals surface area contributed by atoms with Crippen LogP contribution in [0.25, 0.3) is 5.57 Å². The van der Waals surface area contributed by atoms with Crippen LogP contribution in [-0.2, 0) is 19.1 Å². The summed E-state index contributed by atoms with van der Waals surface area (Å²) in [7, 11) is 2.50. The third-order valence-electron chi connectivity index (χ3n) is 5.38. The van der Waals surface area contributed by atoms with Crippen LogP contribution in [0.4, 0.5) is 0 Å². The van der Waals surface area contributed by atoms with Gasteiger partial charge in [-0.25, -0.2) is 0 Å². The van der Waals surface area contributed by atoms with Crippen molar-refractivity contribution in [1.82, 2.24) is 0 Å². The molecule has 4 nitrogen and oxygen atoms in total. The standard InChI is InChI=1S/C26H30O4/c1-8-9-16(2)22-15-23(18(4)14-17(22)3)19(5)20-10-12-21(13-11-20)24(25(27)29-6)26(28)30-7/h8-16,24H,5H2,1-4,6-7H3/b9-8-. The number of ether oxygens (including phenoxy) is 2. The highest BCUT2D eigenvalue weighted by molar-refractivity contribution is 6.00. The monoisotopic (exact) mass is 406 g/mol. The van der Waals surface area contributed by atoms with Crippen molar-refractivity contribution in [1.29, 1.82) is 0 Å². The molecule has 2 rings (SSSR count). The van der Waals surface area contributed by atoms with Gasteiger partial charge in [0.2, 0.25) is 0 Å². The molecule has 0 aliphatic heterocycles. The molecule has 2 aromatic carbocycles. The van der Waals surface area contributed by atoms with E-state index in [-0.39, 0.29) is 0 Å². The molecule has 0 aliphatic carbocycles. The van der Waals surface area contributed by atoms with E-state index in [0.29, 0.717) is 11.5 Å². The predicted octanol–water partition coefficient (Wildman–Crippen LogP) is 5.47. The fraction of sp³-hybridized carbons (Fsp3) is 0.308. The summed E-state index contributed by atoms with van der Waals surface area (Å²) in [5.41, 5.74) is 7.09. The summed E-state index contributed by atoms with van der Waals surface area (Å²) in [5.74, 6) is -2.09. The Morgan fingerprint density at radius 2 is 1.53 bits per heavy atom. The van der Waals surface area contributed by atoms with E-state index in [1.165, 1.54) is 25.3 Å². The van der Waals surface area contributed by atoms with Gasteiger partial charge in [0, 0.05) is 0 Å². The number of aryl methyl sites for hydroxylation is 2. The van der Waals surface area contributed by atoms with Gasteiger partial charge in [-0.15, -0.1) is 0 Å². The molecule has 0 aliphatic rings. The fourth-order valence-electron chi connectivity index (χ4n) is 3.71. The highest BCUT2D eigenvalue weighted by Crippen LogP contribution is 2.31. The van der Waals surface area contributed by atoms with Crippen molar-refractivity contribution in [2.45, 2.75) is 39.5 Å². The molecular weight excluding hydrogens is 376 g/mol. The number of allylic oxidation sites excluding steroid dienone is 2. The summed E-state index contributed by atoms with van der Waals surface area (Å²) in [6.07, 6.45) is 4.25. The van der Waals surface area contributed by atoms with E-state index in [9.17, 15) is 9.59 Å². The maximum Gasteiger partial charge on any atom is 0.324 e. The minimum atomic E-state index is -1.10. The van der Waals surface area contributed by atoms with Gasteiger partial charge in [0.05, 0.1) is 14.2 Å². The second kappa shape index (κ2) is 10.1. The minimum absolute atomic E-state index is 0.311. The minimum Gasteiger partial charge on any atom is -0.468 e. The van der Waals surface area contributed by atoms with Crippen LogP contribution in [0.2, 0.25) is 0 Å². The van der Waals surface area contributed by atoms with Crippen molar-refractivity contribution < 1.29 is 19.1 Å². The lowest BCUT2D eigenvalue weighted by molar-refractivity contribution is -0.154. The average molecular weight is 407 g/mol. The smallest absolute Gasteiger partial charge is 0.324 e. The van der Waals surface area contributed by atoms with Gasteiger partial charge in [0.15, 0.2) is 5.92 Å². The molecule has 0 heterocycles. The van der Waals surface area contributed by atoms with Crippen molar-refractivity contribution in [2.24, 2.45) is 0 Å². The second-order valence-electron chi connectivity index (χ2n) is 7.42. The molecular formula is C26H30O4. The Kier molecular flexibility index (Phi) is 7.76. The number of benzene rings is 2. The Labute approximate surface area is 179 Å². The van der Waals surface area contributed by atoms with Crippen molar-refractivity contribution in [3.8, 4) is 0 Å². The van der Waals surface area contributed by atoms with Crippen molar-refractivity contribution >= 4 is 17.5 Å². The van der Waals surface area contributed by atoms with Crippen LogP contribution < -0.4 is 0 Å². The number of carbonyl (C=O) groups excluding carboxylic acids is 2. The predicted molar refractivity (Wildman–Crippen MR) is 120 cm³/mol. The van der Waals surface area contributed by atoms with Gasteiger partial charge in [-0.05, 0) is 65.6 Å². The van der Waals surface area contributed by atoms with Gasteiger partial charge in [-0.2, -0.15) is 0 Å². The Bertz CT molecular complexity index is 951. The van der Waals surface area contributed by atoms with Gasteiger partial charge in [-0.3, -0.25) is 9.59 Å². The van der Waals surface area contributed by atoms with Crippen LogP contribution in [0.5, 0.6) is 0 Å². The first-order valence-corrected chi connectivity index (χ1v) is 9.94. The Hall–Kier alpha value is -3.14. The molecule has 0 aromatic heterocycles. The van der Waals surface area contributed by atoms with Gasteiger partial charge in [-0.1, -0.05) is 62.1 Å². The Balaban J connectivity index is 2.42. The molecule has 30 heavy (non-hydrogen) atoms. The lowest BCUT2D eigenvalue weighted by atomic mass is 9.87. The topological polar surface area (TPSA) is 52.6 Å². The lowest BCUT2D eigenvalue weighted by Crippen LogP contribution is -2.24. The summed E-state index contributed by atoms with van der Waals surface area (Å²) in [6, 6.07) is 11.6. The van der Waals surface area contributed by atoms with Crippen LogP contribution in [-0.4, -0.2) is 26.2 Å². The molecule has 1 unspecified atom stereocenters. The van der Waals surface area contributed by atoms with Gasteiger partial charge < -0.3 is 9.47 Å². The molecule has 0 spiro atoms. The van der Waals surface area contributed by atoms with E-state index in [2.05, 4.69) is 51.6 Å². The van der Waals surface area contributed by atoms with E-state index in [1.807, 2.05) is 19.1 Å². The molecule has 2 aromatic rings. The van der Waals surface area contributed by atoms with Crippen LogP contribution in [0.3, 0.4) is 0 Å². The molecule has 1 atom stereocenters. The van der Waals surface area contributed by atoms with E-state index < -0.39 is 17.9 Å². The van der Waals surface area contributed by atoms with Gasteiger partial charge in [0.1, 0.15) is 0 Å². The van der Waals surface area contributed by atoms with E-state index in [0.717, 1.165) is 22.3 Å². The first-order chi connectivity index (χ1) is 14.2. The van der Waals surface area contributed by atoms with E-state index in [1.54, 1.807) is 12.1 Å². The van der Waals surface area contributed by atoms with Crippen LogP contribution in [0.1, 0.15) is 59.1 Å². The van der Waals surface area contributed by atoms with Crippen LogP contribution in [0.15, 0.2) is 55.1 Å². The van der Waals surface area contributed by atoms with E-state index >= 15 is 0 Å². The average Bonchev–Trinajstić information content (AvgIpc) is 2.73. The third kappa shape index (κ3) is 4.88. The Morgan fingerprint density at radius 1 is 0.967 bits per heavy atom. The maximum absolute atomic E-state index is 12.0. The summed E-state index contributed by atoms with van der Waals surface area (Å²) >= 11 is 0. The molecule has 0 saturated carbocycles. The summed E-state index contributed by atoms with van der Waals surface area (Å²) in [5, 5.41) is 0. The van der Waals surface area contributed by atoms with Crippen molar-refractivity contribution in [3.63, 3.8) is 0 Å². The Morgan fingerprint density at radius 3 is 2.03 bits per heavy atom. The van der Waals surface area contributed by atoms with Crippen LogP contribution in [0, 0.1) is 13.8 Å². The molecule has 4 heteroatoms. The third-order valence-corrected chi connectivity index (χ3v) is 5.38. The zero-order valence-corrected chi connectivity index (χ0v) is 18.6. The molecule has 0 saturated heterocycles. The highest BCUT2D eigenvalue weighted by atomic mass is 16.5. The molecule has 0 N–H and O–H groups in total. The second-order valence-corrected chi connectivity index (χ2v) is 7.42. The summed E-state index contributed by atoms with van der Waals surface area (Å²) in [4.78, 5) is 24.1. The number of esters is 2. The van der Waals surface area contributed by atoms with Crippen molar-refractivity contribution in [2.75, 3.05) is 14.2 Å². The van der Waals surface area contributed by atoms with Gasteiger partial charge >= 0.3 is 11.9 Å². The number of hydrogen-bond donors (Lipinski definition) is 0.